The Hall–Kier alpha value is -3.62. The Labute approximate surface area is 179 Å². The van der Waals surface area contributed by atoms with Crippen LogP contribution in [0.4, 0.5) is 0 Å². The van der Waals surface area contributed by atoms with Crippen molar-refractivity contribution in [3.63, 3.8) is 0 Å². The van der Waals surface area contributed by atoms with Crippen molar-refractivity contribution in [1.29, 1.82) is 0 Å². The minimum atomic E-state index is -1.17. The largest absolute Gasteiger partial charge is 0.508 e. The van der Waals surface area contributed by atoms with Crippen molar-refractivity contribution in [1.82, 2.24) is 0 Å². The maximum absolute atomic E-state index is 11.8. The van der Waals surface area contributed by atoms with Gasteiger partial charge in [-0.1, -0.05) is 24.3 Å². The fourth-order valence-corrected chi connectivity index (χ4v) is 2.41. The summed E-state index contributed by atoms with van der Waals surface area (Å²) in [6, 6.07) is 11.3. The third-order valence-corrected chi connectivity index (χ3v) is 4.03. The van der Waals surface area contributed by atoms with E-state index >= 15 is 0 Å². The van der Waals surface area contributed by atoms with Crippen LogP contribution in [0, 0.1) is 0 Å². The predicted molar refractivity (Wildman–Crippen MR) is 113 cm³/mol. The number of carbonyl (C=O) groups is 2. The monoisotopic (exact) mass is 428 g/mol. The number of phenols is 1. The number of aromatic hydroxyl groups is 1. The number of hydrogen-bond acceptors (Lipinski definition) is 8. The van der Waals surface area contributed by atoms with Crippen LogP contribution in [0.25, 0.3) is 12.2 Å². The minimum Gasteiger partial charge on any atom is -0.508 e. The summed E-state index contributed by atoms with van der Waals surface area (Å²) in [5, 5.41) is 28.2. The van der Waals surface area contributed by atoms with Gasteiger partial charge in [0.05, 0.1) is 13.7 Å². The summed E-state index contributed by atoms with van der Waals surface area (Å²) in [5.74, 6) is -0.734. The highest BCUT2D eigenvalue weighted by molar-refractivity contribution is 5.87. The summed E-state index contributed by atoms with van der Waals surface area (Å²) in [6.45, 7) is -0.843. The van der Waals surface area contributed by atoms with Gasteiger partial charge >= 0.3 is 11.9 Å². The zero-order valence-electron chi connectivity index (χ0n) is 16.9. The van der Waals surface area contributed by atoms with Gasteiger partial charge in [0.2, 0.25) is 0 Å². The number of aliphatic hydroxyl groups is 2. The summed E-state index contributed by atoms with van der Waals surface area (Å²) in [7, 11) is 1.48. The summed E-state index contributed by atoms with van der Waals surface area (Å²) in [5.41, 5.74) is 1.98. The highest BCUT2D eigenvalue weighted by atomic mass is 16.6. The lowest BCUT2D eigenvalue weighted by Gasteiger charge is -2.10. The molecule has 8 nitrogen and oxygen atoms in total. The molecule has 1 unspecified atom stereocenters. The normalized spacial score (nSPS) is 12.1. The molecule has 8 heteroatoms. The van der Waals surface area contributed by atoms with E-state index in [0.717, 1.165) is 0 Å². The van der Waals surface area contributed by atoms with Gasteiger partial charge in [-0.25, -0.2) is 9.59 Å². The Balaban J connectivity index is 1.73. The number of esters is 2. The van der Waals surface area contributed by atoms with E-state index in [2.05, 4.69) is 0 Å². The Morgan fingerprint density at radius 3 is 2.03 bits per heavy atom. The van der Waals surface area contributed by atoms with E-state index in [1.807, 2.05) is 0 Å². The molecule has 164 valence electrons. The van der Waals surface area contributed by atoms with Crippen LogP contribution in [0.2, 0.25) is 0 Å². The first-order chi connectivity index (χ1) is 14.9. The predicted octanol–water partition coefficient (Wildman–Crippen LogP) is 2.07. The molecule has 2 aromatic carbocycles. The van der Waals surface area contributed by atoms with Gasteiger partial charge in [0, 0.05) is 17.7 Å². The van der Waals surface area contributed by atoms with Gasteiger partial charge in [-0.15, -0.1) is 0 Å². The lowest BCUT2D eigenvalue weighted by molar-refractivity contribution is -0.146. The Morgan fingerprint density at radius 2 is 1.48 bits per heavy atom. The van der Waals surface area contributed by atoms with E-state index in [-0.39, 0.29) is 25.6 Å². The Morgan fingerprint density at radius 1 is 0.935 bits per heavy atom. The molecule has 0 heterocycles. The molecule has 3 N–H and O–H groups in total. The number of carbonyl (C=O) groups excluding carboxylic acids is 2. The molecule has 0 aliphatic carbocycles. The van der Waals surface area contributed by atoms with Crippen LogP contribution in [0.1, 0.15) is 16.7 Å². The topological polar surface area (TPSA) is 123 Å². The van der Waals surface area contributed by atoms with Crippen LogP contribution in [-0.2, 0) is 25.7 Å². The van der Waals surface area contributed by atoms with Gasteiger partial charge in [-0.2, -0.15) is 0 Å². The van der Waals surface area contributed by atoms with Crippen molar-refractivity contribution < 1.29 is 39.1 Å². The van der Waals surface area contributed by atoms with Gasteiger partial charge in [0.1, 0.15) is 30.8 Å². The fourth-order valence-electron chi connectivity index (χ4n) is 2.41. The number of benzene rings is 2. The van der Waals surface area contributed by atoms with Crippen molar-refractivity contribution in [3.8, 4) is 11.5 Å². The van der Waals surface area contributed by atoms with Crippen molar-refractivity contribution in [3.05, 3.63) is 71.3 Å². The van der Waals surface area contributed by atoms with E-state index in [1.165, 1.54) is 43.5 Å². The highest BCUT2D eigenvalue weighted by Gasteiger charge is 2.10. The lowest BCUT2D eigenvalue weighted by Crippen LogP contribution is -2.24. The molecule has 2 aromatic rings. The van der Waals surface area contributed by atoms with Crippen molar-refractivity contribution in [2.24, 2.45) is 0 Å². The number of ether oxygens (including phenoxy) is 3. The average Bonchev–Trinajstić information content (AvgIpc) is 2.79. The highest BCUT2D eigenvalue weighted by Crippen LogP contribution is 2.21. The lowest BCUT2D eigenvalue weighted by atomic mass is 10.1. The summed E-state index contributed by atoms with van der Waals surface area (Å²) < 4.78 is 15.0. The first-order valence-corrected chi connectivity index (χ1v) is 9.36. The maximum Gasteiger partial charge on any atom is 0.330 e. The van der Waals surface area contributed by atoms with Crippen LogP contribution in [0.15, 0.2) is 54.6 Å². The van der Waals surface area contributed by atoms with Crippen molar-refractivity contribution in [2.45, 2.75) is 12.7 Å². The maximum atomic E-state index is 11.8. The second-order valence-corrected chi connectivity index (χ2v) is 6.40. The molecule has 0 radical (unpaired) electrons. The molecule has 0 spiro atoms. The second kappa shape index (κ2) is 12.2. The molecule has 0 saturated heterocycles. The van der Waals surface area contributed by atoms with Crippen LogP contribution < -0.4 is 4.74 Å². The van der Waals surface area contributed by atoms with Crippen LogP contribution in [0.5, 0.6) is 11.5 Å². The summed E-state index contributed by atoms with van der Waals surface area (Å²) >= 11 is 0. The van der Waals surface area contributed by atoms with E-state index < -0.39 is 18.0 Å². The van der Waals surface area contributed by atoms with Gasteiger partial charge in [0.25, 0.3) is 0 Å². The molecule has 0 aliphatic rings. The number of phenolic OH excluding ortho intramolecular Hbond substituents is 1. The van der Waals surface area contributed by atoms with Crippen LogP contribution >= 0.6 is 0 Å². The molecule has 2 rings (SSSR count). The molecule has 0 fully saturated rings. The van der Waals surface area contributed by atoms with Crippen LogP contribution in [0.3, 0.4) is 0 Å². The van der Waals surface area contributed by atoms with Gasteiger partial charge < -0.3 is 29.5 Å². The number of aliphatic hydroxyl groups excluding tert-OH is 2. The summed E-state index contributed by atoms with van der Waals surface area (Å²) in [6.07, 6.45) is 4.21. The Kier molecular flexibility index (Phi) is 9.28. The zero-order valence-corrected chi connectivity index (χ0v) is 16.9. The quantitative estimate of drug-likeness (QED) is 0.388. The SMILES string of the molecule is COc1cc(/C=C/C(=O)OCC(O)COC(=O)/C=C/c2ccc(O)cc2)ccc1CO. The smallest absolute Gasteiger partial charge is 0.330 e. The standard InChI is InChI=1S/C23H24O8/c1-29-21-12-17(2-7-18(21)13-24)6-11-23(28)31-15-20(26)14-30-22(27)10-5-16-3-8-19(25)9-4-16/h2-12,20,24-26H,13-15H2,1H3/b10-5+,11-6+. The molecule has 0 bridgehead atoms. The van der Waals surface area contributed by atoms with Gasteiger partial charge in [-0.05, 0) is 41.5 Å². The second-order valence-electron chi connectivity index (χ2n) is 6.40. The van der Waals surface area contributed by atoms with E-state index in [9.17, 15) is 24.9 Å². The number of hydrogen-bond donors (Lipinski definition) is 3. The zero-order chi connectivity index (χ0) is 22.6. The van der Waals surface area contributed by atoms with Gasteiger partial charge in [-0.3, -0.25) is 0 Å². The number of rotatable bonds is 10. The van der Waals surface area contributed by atoms with E-state index in [0.29, 0.717) is 22.4 Å². The molecular weight excluding hydrogens is 404 g/mol. The molecular formula is C23H24O8. The van der Waals surface area contributed by atoms with Gasteiger partial charge in [0.15, 0.2) is 0 Å². The molecule has 1 atom stereocenters. The molecule has 0 saturated carbocycles. The minimum absolute atomic E-state index is 0.117. The molecule has 0 amide bonds. The first-order valence-electron chi connectivity index (χ1n) is 9.36. The van der Waals surface area contributed by atoms with E-state index in [4.69, 9.17) is 14.2 Å². The van der Waals surface area contributed by atoms with Crippen molar-refractivity contribution >= 4 is 24.1 Å². The number of methoxy groups -OCH3 is 1. The third kappa shape index (κ3) is 8.33. The Bertz CT molecular complexity index is 931. The average molecular weight is 428 g/mol. The molecule has 0 aliphatic heterocycles. The molecule has 31 heavy (non-hydrogen) atoms. The van der Waals surface area contributed by atoms with E-state index in [1.54, 1.807) is 30.3 Å². The summed E-state index contributed by atoms with van der Waals surface area (Å²) in [4.78, 5) is 23.5. The first kappa shape index (κ1) is 23.7. The molecule has 0 aromatic heterocycles. The third-order valence-electron chi connectivity index (χ3n) is 4.03. The van der Waals surface area contributed by atoms with Crippen LogP contribution in [-0.4, -0.2) is 53.7 Å². The fraction of sp³-hybridized carbons (Fsp3) is 0.217. The van der Waals surface area contributed by atoms with Crippen molar-refractivity contribution in [2.75, 3.05) is 20.3 Å².